The van der Waals surface area contributed by atoms with Gasteiger partial charge in [-0.05, 0) is 12.8 Å². The van der Waals surface area contributed by atoms with Crippen LogP contribution in [-0.4, -0.2) is 41.8 Å². The molecule has 4 N–H and O–H groups in total. The van der Waals surface area contributed by atoms with Gasteiger partial charge in [0.25, 0.3) is 0 Å². The van der Waals surface area contributed by atoms with E-state index in [2.05, 4.69) is 5.32 Å². The highest BCUT2D eigenvalue weighted by molar-refractivity contribution is 5.90. The average molecular weight is 216 g/mol. The molecule has 0 saturated carbocycles. The number of hydrogen-bond donors (Lipinski definition) is 3. The Kier molecular flexibility index (Phi) is 3.65. The van der Waals surface area contributed by atoms with E-state index in [1.165, 1.54) is 0 Å². The maximum Gasteiger partial charge on any atom is 0.326 e. The molecule has 0 radical (unpaired) electrons. The van der Waals surface area contributed by atoms with E-state index in [1.807, 2.05) is 0 Å². The summed E-state index contributed by atoms with van der Waals surface area (Å²) < 4.78 is 5.02. The zero-order valence-corrected chi connectivity index (χ0v) is 8.66. The Morgan fingerprint density at radius 2 is 2.33 bits per heavy atom. The Balaban J connectivity index is 2.57. The van der Waals surface area contributed by atoms with Crippen molar-refractivity contribution in [2.24, 2.45) is 5.73 Å². The summed E-state index contributed by atoms with van der Waals surface area (Å²) in [5.41, 5.74) is 4.71. The van der Waals surface area contributed by atoms with Crippen molar-refractivity contribution in [3.63, 3.8) is 0 Å². The van der Waals surface area contributed by atoms with Crippen LogP contribution in [0.2, 0.25) is 0 Å². The van der Waals surface area contributed by atoms with Crippen LogP contribution in [0.3, 0.4) is 0 Å². The highest BCUT2D eigenvalue weighted by atomic mass is 16.5. The van der Waals surface area contributed by atoms with Crippen LogP contribution in [-0.2, 0) is 14.3 Å². The van der Waals surface area contributed by atoms with Gasteiger partial charge in [-0.3, -0.25) is 4.79 Å². The standard InChI is InChI=1S/C9H16N2O4/c1-2-6(7(12)13)11-8(14)9(10)3-4-15-5-9/h6H,2-5,10H2,1H3,(H,11,14)(H,12,13). The van der Waals surface area contributed by atoms with E-state index in [1.54, 1.807) is 6.92 Å². The summed E-state index contributed by atoms with van der Waals surface area (Å²) in [6, 6.07) is -0.876. The molecule has 1 aliphatic heterocycles. The number of carboxylic acids is 1. The quantitative estimate of drug-likeness (QED) is 0.564. The van der Waals surface area contributed by atoms with Crippen LogP contribution in [0.15, 0.2) is 0 Å². The van der Waals surface area contributed by atoms with Crippen molar-refractivity contribution in [2.75, 3.05) is 13.2 Å². The Labute approximate surface area is 87.8 Å². The zero-order chi connectivity index (χ0) is 11.5. The molecule has 0 aromatic carbocycles. The molecule has 6 nitrogen and oxygen atoms in total. The minimum absolute atomic E-state index is 0.148. The largest absolute Gasteiger partial charge is 0.480 e. The minimum atomic E-state index is -1.07. The van der Waals surface area contributed by atoms with Crippen LogP contribution in [0.4, 0.5) is 0 Å². The van der Waals surface area contributed by atoms with Gasteiger partial charge in [-0.15, -0.1) is 0 Å². The molecule has 1 fully saturated rings. The van der Waals surface area contributed by atoms with Crippen molar-refractivity contribution < 1.29 is 19.4 Å². The maximum absolute atomic E-state index is 11.7. The van der Waals surface area contributed by atoms with Crippen LogP contribution in [0, 0.1) is 0 Å². The fourth-order valence-electron chi connectivity index (χ4n) is 1.40. The van der Waals surface area contributed by atoms with Gasteiger partial charge < -0.3 is 20.9 Å². The lowest BCUT2D eigenvalue weighted by Gasteiger charge is -2.23. The number of rotatable bonds is 4. The second-order valence-electron chi connectivity index (χ2n) is 3.73. The molecule has 0 spiro atoms. The van der Waals surface area contributed by atoms with E-state index in [4.69, 9.17) is 15.6 Å². The topological polar surface area (TPSA) is 102 Å². The Bertz CT molecular complexity index is 261. The third-order valence-electron chi connectivity index (χ3n) is 2.52. The Morgan fingerprint density at radius 3 is 2.73 bits per heavy atom. The van der Waals surface area contributed by atoms with Crippen molar-refractivity contribution in [3.8, 4) is 0 Å². The summed E-state index contributed by atoms with van der Waals surface area (Å²) in [6.07, 6.45) is 0.757. The van der Waals surface area contributed by atoms with E-state index in [0.717, 1.165) is 0 Å². The van der Waals surface area contributed by atoms with Crippen LogP contribution in [0.25, 0.3) is 0 Å². The SMILES string of the molecule is CCC(NC(=O)C1(N)CCOC1)C(=O)O. The van der Waals surface area contributed by atoms with Gasteiger partial charge in [-0.2, -0.15) is 0 Å². The molecule has 86 valence electrons. The van der Waals surface area contributed by atoms with E-state index in [-0.39, 0.29) is 6.61 Å². The number of ether oxygens (including phenoxy) is 1. The molecular formula is C9H16N2O4. The first kappa shape index (κ1) is 11.9. The van der Waals surface area contributed by atoms with Crippen LogP contribution in [0.1, 0.15) is 19.8 Å². The lowest BCUT2D eigenvalue weighted by atomic mass is 9.98. The molecule has 1 aliphatic rings. The summed E-state index contributed by atoms with van der Waals surface area (Å²) in [5.74, 6) is -1.50. The first-order chi connectivity index (χ1) is 6.99. The molecule has 1 saturated heterocycles. The van der Waals surface area contributed by atoms with E-state index >= 15 is 0 Å². The smallest absolute Gasteiger partial charge is 0.326 e. The number of aliphatic carboxylic acids is 1. The molecule has 1 rings (SSSR count). The molecule has 1 heterocycles. The summed E-state index contributed by atoms with van der Waals surface area (Å²) in [7, 11) is 0. The predicted molar refractivity (Wildman–Crippen MR) is 52.2 cm³/mol. The average Bonchev–Trinajstić information content (AvgIpc) is 2.61. The molecule has 2 atom stereocenters. The highest BCUT2D eigenvalue weighted by Crippen LogP contribution is 2.15. The second-order valence-corrected chi connectivity index (χ2v) is 3.73. The minimum Gasteiger partial charge on any atom is -0.480 e. The molecule has 6 heteroatoms. The monoisotopic (exact) mass is 216 g/mol. The van der Waals surface area contributed by atoms with Gasteiger partial charge >= 0.3 is 5.97 Å². The molecule has 0 aromatic rings. The molecular weight excluding hydrogens is 200 g/mol. The van der Waals surface area contributed by atoms with E-state index < -0.39 is 23.5 Å². The number of nitrogens with two attached hydrogens (primary N) is 1. The van der Waals surface area contributed by atoms with Crippen molar-refractivity contribution in [1.82, 2.24) is 5.32 Å². The Morgan fingerprint density at radius 1 is 1.67 bits per heavy atom. The van der Waals surface area contributed by atoms with Gasteiger partial charge in [0.1, 0.15) is 11.6 Å². The Hall–Kier alpha value is -1.14. The van der Waals surface area contributed by atoms with Crippen molar-refractivity contribution in [2.45, 2.75) is 31.3 Å². The molecule has 2 unspecified atom stereocenters. The van der Waals surface area contributed by atoms with Gasteiger partial charge in [-0.25, -0.2) is 4.79 Å². The zero-order valence-electron chi connectivity index (χ0n) is 8.66. The molecule has 0 aliphatic carbocycles. The van der Waals surface area contributed by atoms with Gasteiger partial charge in [-0.1, -0.05) is 6.92 Å². The summed E-state index contributed by atoms with van der Waals surface area (Å²) in [4.78, 5) is 22.4. The fourth-order valence-corrected chi connectivity index (χ4v) is 1.40. The third kappa shape index (κ3) is 2.66. The lowest BCUT2D eigenvalue weighted by Crippen LogP contribution is -2.57. The highest BCUT2D eigenvalue weighted by Gasteiger charge is 2.39. The fraction of sp³-hybridized carbons (Fsp3) is 0.778. The summed E-state index contributed by atoms with van der Waals surface area (Å²) in [5, 5.41) is 11.2. The van der Waals surface area contributed by atoms with Crippen molar-refractivity contribution in [1.29, 1.82) is 0 Å². The normalized spacial score (nSPS) is 27.3. The lowest BCUT2D eigenvalue weighted by molar-refractivity contribution is -0.142. The number of carbonyl (C=O) groups excluding carboxylic acids is 1. The molecule has 1 amide bonds. The first-order valence-electron chi connectivity index (χ1n) is 4.90. The van der Waals surface area contributed by atoms with Gasteiger partial charge in [0.15, 0.2) is 0 Å². The summed E-state index contributed by atoms with van der Waals surface area (Å²) >= 11 is 0. The summed E-state index contributed by atoms with van der Waals surface area (Å²) in [6.45, 7) is 2.27. The van der Waals surface area contributed by atoms with Crippen molar-refractivity contribution in [3.05, 3.63) is 0 Å². The van der Waals surface area contributed by atoms with Gasteiger partial charge in [0.2, 0.25) is 5.91 Å². The van der Waals surface area contributed by atoms with Gasteiger partial charge in [0.05, 0.1) is 6.61 Å². The van der Waals surface area contributed by atoms with Crippen LogP contribution >= 0.6 is 0 Å². The predicted octanol–water partition coefficient (Wildman–Crippen LogP) is -0.916. The van der Waals surface area contributed by atoms with Crippen LogP contribution < -0.4 is 11.1 Å². The molecule has 15 heavy (non-hydrogen) atoms. The number of hydrogen-bond acceptors (Lipinski definition) is 4. The van der Waals surface area contributed by atoms with E-state index in [9.17, 15) is 9.59 Å². The second kappa shape index (κ2) is 4.59. The molecule has 0 aromatic heterocycles. The third-order valence-corrected chi connectivity index (χ3v) is 2.52. The van der Waals surface area contributed by atoms with Crippen molar-refractivity contribution >= 4 is 11.9 Å². The first-order valence-corrected chi connectivity index (χ1v) is 4.90. The van der Waals surface area contributed by atoms with Crippen LogP contribution in [0.5, 0.6) is 0 Å². The number of nitrogens with one attached hydrogen (secondary N) is 1. The molecule has 0 bridgehead atoms. The van der Waals surface area contributed by atoms with E-state index in [0.29, 0.717) is 19.4 Å². The maximum atomic E-state index is 11.7. The number of carbonyl (C=O) groups is 2. The number of carboxylic acid groups (broad SMARTS) is 1. The number of amides is 1. The van der Waals surface area contributed by atoms with Gasteiger partial charge in [0, 0.05) is 6.61 Å².